The number of carbonyl (C=O) groups is 1. The van der Waals surface area contributed by atoms with Gasteiger partial charge in [-0.1, -0.05) is 55.2 Å². The summed E-state index contributed by atoms with van der Waals surface area (Å²) in [5, 5.41) is 7.44. The van der Waals surface area contributed by atoms with Crippen LogP contribution in [0.4, 0.5) is 5.69 Å². The van der Waals surface area contributed by atoms with Crippen molar-refractivity contribution in [3.63, 3.8) is 0 Å². The first-order chi connectivity index (χ1) is 16.4. The van der Waals surface area contributed by atoms with Gasteiger partial charge < -0.3 is 20.1 Å². The van der Waals surface area contributed by atoms with E-state index in [1.807, 2.05) is 61.5 Å². The van der Waals surface area contributed by atoms with Gasteiger partial charge in [-0.2, -0.15) is 0 Å². The topological polar surface area (TPSA) is 59.6 Å². The normalized spacial score (nSPS) is 10.8. The van der Waals surface area contributed by atoms with Crippen molar-refractivity contribution in [3.05, 3.63) is 87.4 Å². The summed E-state index contributed by atoms with van der Waals surface area (Å²) < 4.78 is 11.8. The van der Waals surface area contributed by atoms with Gasteiger partial charge in [-0.15, -0.1) is 0 Å². The van der Waals surface area contributed by atoms with Crippen LogP contribution in [0.15, 0.2) is 60.7 Å². The lowest BCUT2D eigenvalue weighted by Gasteiger charge is -2.16. The molecule has 34 heavy (non-hydrogen) atoms. The maximum Gasteiger partial charge on any atom is 0.251 e. The number of hydrogen-bond acceptors (Lipinski definition) is 4. The predicted octanol–water partition coefficient (Wildman–Crippen LogP) is 6.97. The van der Waals surface area contributed by atoms with Crippen LogP contribution < -0.4 is 20.1 Å². The summed E-state index contributed by atoms with van der Waals surface area (Å²) in [5.41, 5.74) is 3.37. The highest BCUT2D eigenvalue weighted by molar-refractivity contribution is 6.32. The number of carbonyl (C=O) groups excluding carboxylic acids is 1. The first-order valence-electron chi connectivity index (χ1n) is 11.3. The van der Waals surface area contributed by atoms with Crippen molar-refractivity contribution in [1.82, 2.24) is 5.32 Å². The van der Waals surface area contributed by atoms with Crippen molar-refractivity contribution in [2.24, 2.45) is 5.92 Å². The van der Waals surface area contributed by atoms with E-state index in [-0.39, 0.29) is 5.91 Å². The van der Waals surface area contributed by atoms with Gasteiger partial charge in [-0.25, -0.2) is 0 Å². The molecule has 0 fully saturated rings. The molecule has 0 aliphatic carbocycles. The van der Waals surface area contributed by atoms with E-state index in [0.717, 1.165) is 16.8 Å². The number of halogens is 2. The SMILES string of the molecule is CCOc1cc(CNc2cccc(C(=O)NCC(C)C)c2)cc(Cl)c1OCc1ccc(Cl)cc1. The van der Waals surface area contributed by atoms with Crippen LogP contribution in [0.3, 0.4) is 0 Å². The van der Waals surface area contributed by atoms with E-state index in [2.05, 4.69) is 24.5 Å². The van der Waals surface area contributed by atoms with Crippen LogP contribution in [0, 0.1) is 5.92 Å². The highest BCUT2D eigenvalue weighted by Gasteiger charge is 2.14. The fourth-order valence-electron chi connectivity index (χ4n) is 3.24. The highest BCUT2D eigenvalue weighted by atomic mass is 35.5. The summed E-state index contributed by atoms with van der Waals surface area (Å²) in [6, 6.07) is 18.7. The first kappa shape index (κ1) is 25.7. The van der Waals surface area contributed by atoms with Gasteiger partial charge in [-0.05, 0) is 66.4 Å². The lowest BCUT2D eigenvalue weighted by molar-refractivity contribution is 0.0949. The van der Waals surface area contributed by atoms with Crippen molar-refractivity contribution >= 4 is 34.8 Å². The Bertz CT molecular complexity index is 1100. The standard InChI is InChI=1S/C27H30Cl2N2O3/c1-4-33-25-13-20(12-24(29)26(25)34-17-19-8-10-22(28)11-9-19)16-30-23-7-5-6-21(14-23)27(32)31-15-18(2)3/h5-14,18,30H,4,15-17H2,1-3H3,(H,31,32). The van der Waals surface area contributed by atoms with Crippen molar-refractivity contribution in [2.75, 3.05) is 18.5 Å². The summed E-state index contributed by atoms with van der Waals surface area (Å²) in [6.07, 6.45) is 0. The Labute approximate surface area is 211 Å². The predicted molar refractivity (Wildman–Crippen MR) is 139 cm³/mol. The number of amides is 1. The van der Waals surface area contributed by atoms with Crippen LogP contribution in [0.1, 0.15) is 42.3 Å². The molecule has 0 spiro atoms. The number of hydrogen-bond donors (Lipinski definition) is 2. The molecular formula is C27H30Cl2N2O3. The molecule has 2 N–H and O–H groups in total. The largest absolute Gasteiger partial charge is 0.490 e. The molecule has 0 saturated carbocycles. The Morgan fingerprint density at radius 1 is 0.971 bits per heavy atom. The van der Waals surface area contributed by atoms with Gasteiger partial charge in [0.1, 0.15) is 6.61 Å². The molecule has 0 saturated heterocycles. The average Bonchev–Trinajstić information content (AvgIpc) is 2.82. The zero-order valence-electron chi connectivity index (χ0n) is 19.7. The molecule has 3 aromatic rings. The number of anilines is 1. The van der Waals surface area contributed by atoms with Crippen LogP contribution in [0.2, 0.25) is 10.0 Å². The van der Waals surface area contributed by atoms with E-state index in [0.29, 0.717) is 59.3 Å². The number of ether oxygens (including phenoxy) is 2. The lowest BCUT2D eigenvalue weighted by Crippen LogP contribution is -2.27. The van der Waals surface area contributed by atoms with E-state index < -0.39 is 0 Å². The zero-order chi connectivity index (χ0) is 24.5. The molecule has 0 aliphatic heterocycles. The van der Waals surface area contributed by atoms with Crippen molar-refractivity contribution < 1.29 is 14.3 Å². The van der Waals surface area contributed by atoms with Crippen LogP contribution >= 0.6 is 23.2 Å². The number of rotatable bonds is 11. The van der Waals surface area contributed by atoms with Gasteiger partial charge in [-0.3, -0.25) is 4.79 Å². The van der Waals surface area contributed by atoms with Crippen LogP contribution in [-0.4, -0.2) is 19.1 Å². The van der Waals surface area contributed by atoms with Crippen LogP contribution in [-0.2, 0) is 13.2 Å². The highest BCUT2D eigenvalue weighted by Crippen LogP contribution is 2.37. The fraction of sp³-hybridized carbons (Fsp3) is 0.296. The van der Waals surface area contributed by atoms with E-state index in [1.165, 1.54) is 0 Å². The third kappa shape index (κ3) is 7.57. The van der Waals surface area contributed by atoms with Crippen molar-refractivity contribution in [3.8, 4) is 11.5 Å². The molecule has 7 heteroatoms. The second-order valence-corrected chi connectivity index (χ2v) is 9.13. The van der Waals surface area contributed by atoms with E-state index in [1.54, 1.807) is 6.07 Å². The number of benzene rings is 3. The first-order valence-corrected chi connectivity index (χ1v) is 12.1. The van der Waals surface area contributed by atoms with E-state index in [9.17, 15) is 4.79 Å². The molecule has 5 nitrogen and oxygen atoms in total. The molecule has 0 heterocycles. The Morgan fingerprint density at radius 2 is 1.74 bits per heavy atom. The Hall–Kier alpha value is -2.89. The summed E-state index contributed by atoms with van der Waals surface area (Å²) in [6.45, 7) is 8.02. The second-order valence-electron chi connectivity index (χ2n) is 8.29. The van der Waals surface area contributed by atoms with Crippen molar-refractivity contribution in [2.45, 2.75) is 33.9 Å². The Morgan fingerprint density at radius 3 is 2.44 bits per heavy atom. The Balaban J connectivity index is 1.68. The van der Waals surface area contributed by atoms with E-state index in [4.69, 9.17) is 32.7 Å². The third-order valence-corrected chi connectivity index (χ3v) is 5.49. The molecule has 0 aromatic heterocycles. The second kappa shape index (κ2) is 12.5. The van der Waals surface area contributed by atoms with Crippen LogP contribution in [0.5, 0.6) is 11.5 Å². The molecule has 0 unspecified atom stereocenters. The van der Waals surface area contributed by atoms with Crippen LogP contribution in [0.25, 0.3) is 0 Å². The molecule has 0 radical (unpaired) electrons. The lowest BCUT2D eigenvalue weighted by atomic mass is 10.1. The van der Waals surface area contributed by atoms with E-state index >= 15 is 0 Å². The molecule has 0 aliphatic rings. The minimum atomic E-state index is -0.0822. The number of nitrogens with one attached hydrogen (secondary N) is 2. The summed E-state index contributed by atoms with van der Waals surface area (Å²) in [7, 11) is 0. The molecule has 180 valence electrons. The minimum Gasteiger partial charge on any atom is -0.490 e. The average molecular weight is 501 g/mol. The van der Waals surface area contributed by atoms with Gasteiger partial charge >= 0.3 is 0 Å². The maximum absolute atomic E-state index is 12.4. The summed E-state index contributed by atoms with van der Waals surface area (Å²) in [5.74, 6) is 1.41. The molecule has 3 aromatic carbocycles. The maximum atomic E-state index is 12.4. The van der Waals surface area contributed by atoms with Gasteiger partial charge in [0.25, 0.3) is 5.91 Å². The molecule has 0 atom stereocenters. The van der Waals surface area contributed by atoms with Gasteiger partial charge in [0.05, 0.1) is 11.6 Å². The molecular weight excluding hydrogens is 471 g/mol. The smallest absolute Gasteiger partial charge is 0.251 e. The Kier molecular flexibility index (Phi) is 9.49. The monoisotopic (exact) mass is 500 g/mol. The third-order valence-electron chi connectivity index (χ3n) is 4.96. The summed E-state index contributed by atoms with van der Waals surface area (Å²) in [4.78, 5) is 12.4. The van der Waals surface area contributed by atoms with Gasteiger partial charge in [0.15, 0.2) is 11.5 Å². The van der Waals surface area contributed by atoms with Gasteiger partial charge in [0, 0.05) is 29.4 Å². The zero-order valence-corrected chi connectivity index (χ0v) is 21.2. The molecule has 0 bridgehead atoms. The summed E-state index contributed by atoms with van der Waals surface area (Å²) >= 11 is 12.5. The molecule has 1 amide bonds. The van der Waals surface area contributed by atoms with Crippen molar-refractivity contribution in [1.29, 1.82) is 0 Å². The minimum absolute atomic E-state index is 0.0822. The molecule has 3 rings (SSSR count). The quantitative estimate of drug-likeness (QED) is 0.298. The fourth-order valence-corrected chi connectivity index (χ4v) is 3.65. The van der Waals surface area contributed by atoms with Gasteiger partial charge in [0.2, 0.25) is 0 Å².